The average Bonchev–Trinajstić information content (AvgIpc) is 2.11. The Morgan fingerprint density at radius 1 is 1.38 bits per heavy atom. The molecule has 0 radical (unpaired) electrons. The molecule has 0 aliphatic heterocycles. The molecule has 0 amide bonds. The second-order valence-electron chi connectivity index (χ2n) is 3.72. The molecule has 13 heavy (non-hydrogen) atoms. The predicted octanol–water partition coefficient (Wildman–Crippen LogP) is 1.31. The van der Waals surface area contributed by atoms with Gasteiger partial charge in [0.2, 0.25) is 0 Å². The van der Waals surface area contributed by atoms with Crippen molar-refractivity contribution in [2.24, 2.45) is 5.73 Å². The largest absolute Gasteiger partial charge is 0.377 e. The summed E-state index contributed by atoms with van der Waals surface area (Å²) < 4.78 is 10.9. The molecule has 1 rings (SSSR count). The molecule has 0 spiro atoms. The minimum absolute atomic E-state index is 0.127. The van der Waals surface area contributed by atoms with Gasteiger partial charge in [0.15, 0.2) is 0 Å². The first-order valence-corrected chi connectivity index (χ1v) is 5.19. The molecule has 0 aromatic rings. The third kappa shape index (κ3) is 2.93. The highest BCUT2D eigenvalue weighted by atomic mass is 16.5. The third-order valence-corrected chi connectivity index (χ3v) is 2.64. The van der Waals surface area contributed by atoms with E-state index in [1.54, 1.807) is 7.11 Å². The molecule has 0 aromatic heterocycles. The maximum Gasteiger partial charge on any atom is 0.0984 e. The normalized spacial score (nSPS) is 33.0. The van der Waals surface area contributed by atoms with Crippen molar-refractivity contribution in [2.75, 3.05) is 13.7 Å². The third-order valence-electron chi connectivity index (χ3n) is 2.64. The van der Waals surface area contributed by atoms with E-state index in [-0.39, 0.29) is 18.2 Å². The quantitative estimate of drug-likeness (QED) is 0.638. The van der Waals surface area contributed by atoms with Gasteiger partial charge >= 0.3 is 0 Å². The first-order valence-electron chi connectivity index (χ1n) is 5.19. The molecule has 0 aromatic carbocycles. The summed E-state index contributed by atoms with van der Waals surface area (Å²) in [6.07, 6.45) is 4.96. The SMILES string of the molecule is CCCCCOC1CC(N)C1OC. The Kier molecular flexibility index (Phi) is 4.70. The smallest absolute Gasteiger partial charge is 0.0984 e. The topological polar surface area (TPSA) is 44.5 Å². The number of rotatable bonds is 6. The lowest BCUT2D eigenvalue weighted by Crippen LogP contribution is -2.57. The van der Waals surface area contributed by atoms with Crippen LogP contribution in [0.5, 0.6) is 0 Å². The number of hydrogen-bond acceptors (Lipinski definition) is 3. The number of hydrogen-bond donors (Lipinski definition) is 1. The molecular weight excluding hydrogens is 166 g/mol. The van der Waals surface area contributed by atoms with Crippen LogP contribution in [0.1, 0.15) is 32.6 Å². The molecule has 1 aliphatic carbocycles. The van der Waals surface area contributed by atoms with Crippen molar-refractivity contribution in [3.63, 3.8) is 0 Å². The number of nitrogens with two attached hydrogens (primary N) is 1. The molecule has 3 atom stereocenters. The average molecular weight is 187 g/mol. The van der Waals surface area contributed by atoms with Gasteiger partial charge in [0.25, 0.3) is 0 Å². The zero-order valence-electron chi connectivity index (χ0n) is 8.66. The second kappa shape index (κ2) is 5.58. The van der Waals surface area contributed by atoms with Crippen LogP contribution in [0, 0.1) is 0 Å². The summed E-state index contributed by atoms with van der Waals surface area (Å²) in [5, 5.41) is 0. The predicted molar refractivity (Wildman–Crippen MR) is 52.7 cm³/mol. The van der Waals surface area contributed by atoms with Crippen LogP contribution < -0.4 is 5.73 Å². The van der Waals surface area contributed by atoms with Gasteiger partial charge in [-0.15, -0.1) is 0 Å². The molecular formula is C10H21NO2. The minimum Gasteiger partial charge on any atom is -0.377 e. The summed E-state index contributed by atoms with van der Waals surface area (Å²) in [7, 11) is 1.70. The highest BCUT2D eigenvalue weighted by Gasteiger charge is 2.39. The summed E-state index contributed by atoms with van der Waals surface area (Å²) in [6.45, 7) is 3.04. The number of methoxy groups -OCH3 is 1. The van der Waals surface area contributed by atoms with Gasteiger partial charge in [-0.3, -0.25) is 0 Å². The molecule has 1 fully saturated rings. The van der Waals surface area contributed by atoms with Gasteiger partial charge in [0.1, 0.15) is 0 Å². The van der Waals surface area contributed by atoms with Crippen molar-refractivity contribution in [1.29, 1.82) is 0 Å². The summed E-state index contributed by atoms with van der Waals surface area (Å²) in [6, 6.07) is 0.182. The van der Waals surface area contributed by atoms with Crippen LogP contribution in [-0.2, 0) is 9.47 Å². The van der Waals surface area contributed by atoms with Crippen molar-refractivity contribution in [1.82, 2.24) is 0 Å². The van der Waals surface area contributed by atoms with Crippen molar-refractivity contribution in [3.8, 4) is 0 Å². The van der Waals surface area contributed by atoms with Crippen LogP contribution in [0.4, 0.5) is 0 Å². The van der Waals surface area contributed by atoms with Gasteiger partial charge in [-0.25, -0.2) is 0 Å². The van der Waals surface area contributed by atoms with E-state index in [2.05, 4.69) is 6.92 Å². The minimum atomic E-state index is 0.127. The van der Waals surface area contributed by atoms with Crippen LogP contribution in [0.25, 0.3) is 0 Å². The van der Waals surface area contributed by atoms with E-state index < -0.39 is 0 Å². The van der Waals surface area contributed by atoms with Gasteiger partial charge in [-0.2, -0.15) is 0 Å². The number of ether oxygens (including phenoxy) is 2. The Hall–Kier alpha value is -0.120. The van der Waals surface area contributed by atoms with E-state index in [0.717, 1.165) is 19.4 Å². The van der Waals surface area contributed by atoms with Gasteiger partial charge in [-0.1, -0.05) is 19.8 Å². The van der Waals surface area contributed by atoms with Crippen LogP contribution in [-0.4, -0.2) is 32.0 Å². The molecule has 78 valence electrons. The van der Waals surface area contributed by atoms with Crippen LogP contribution in [0.15, 0.2) is 0 Å². The maximum atomic E-state index is 5.75. The Labute approximate surface area is 80.6 Å². The van der Waals surface area contributed by atoms with Crippen molar-refractivity contribution < 1.29 is 9.47 Å². The lowest BCUT2D eigenvalue weighted by molar-refractivity contribution is -0.126. The zero-order chi connectivity index (χ0) is 9.68. The fraction of sp³-hybridized carbons (Fsp3) is 1.00. The van der Waals surface area contributed by atoms with Gasteiger partial charge in [0.05, 0.1) is 12.2 Å². The van der Waals surface area contributed by atoms with Crippen LogP contribution in [0.3, 0.4) is 0 Å². The van der Waals surface area contributed by atoms with Crippen LogP contribution >= 0.6 is 0 Å². The highest BCUT2D eigenvalue weighted by molar-refractivity contribution is 4.94. The van der Waals surface area contributed by atoms with Crippen molar-refractivity contribution >= 4 is 0 Å². The molecule has 0 heterocycles. The van der Waals surface area contributed by atoms with E-state index in [9.17, 15) is 0 Å². The first kappa shape index (κ1) is 11.0. The monoisotopic (exact) mass is 187 g/mol. The van der Waals surface area contributed by atoms with E-state index >= 15 is 0 Å². The molecule has 3 heteroatoms. The standard InChI is InChI=1S/C10H21NO2/c1-3-4-5-6-13-9-7-8(11)10(9)12-2/h8-10H,3-7,11H2,1-2H3. The van der Waals surface area contributed by atoms with Crippen molar-refractivity contribution in [2.45, 2.75) is 50.9 Å². The zero-order valence-corrected chi connectivity index (χ0v) is 8.66. The summed E-state index contributed by atoms with van der Waals surface area (Å²) >= 11 is 0. The molecule has 0 bridgehead atoms. The summed E-state index contributed by atoms with van der Waals surface area (Å²) in [4.78, 5) is 0. The Morgan fingerprint density at radius 2 is 2.15 bits per heavy atom. The molecule has 0 saturated heterocycles. The Bertz CT molecular complexity index is 141. The maximum absolute atomic E-state index is 5.75. The van der Waals surface area contributed by atoms with Gasteiger partial charge in [0, 0.05) is 19.8 Å². The molecule has 2 N–H and O–H groups in total. The summed E-state index contributed by atoms with van der Waals surface area (Å²) in [5.41, 5.74) is 5.75. The Morgan fingerprint density at radius 3 is 2.69 bits per heavy atom. The first-order chi connectivity index (χ1) is 6.29. The molecule has 3 nitrogen and oxygen atoms in total. The van der Waals surface area contributed by atoms with E-state index in [0.29, 0.717) is 0 Å². The lowest BCUT2D eigenvalue weighted by atomic mass is 9.86. The highest BCUT2D eigenvalue weighted by Crippen LogP contribution is 2.25. The summed E-state index contributed by atoms with van der Waals surface area (Å²) in [5.74, 6) is 0. The fourth-order valence-corrected chi connectivity index (χ4v) is 1.69. The molecule has 1 aliphatic rings. The van der Waals surface area contributed by atoms with Gasteiger partial charge in [-0.05, 0) is 12.8 Å². The van der Waals surface area contributed by atoms with E-state index in [1.165, 1.54) is 12.8 Å². The Balaban J connectivity index is 2.03. The molecule has 1 saturated carbocycles. The van der Waals surface area contributed by atoms with Crippen LogP contribution in [0.2, 0.25) is 0 Å². The fourth-order valence-electron chi connectivity index (χ4n) is 1.69. The van der Waals surface area contributed by atoms with Crippen molar-refractivity contribution in [3.05, 3.63) is 0 Å². The molecule has 3 unspecified atom stereocenters. The van der Waals surface area contributed by atoms with E-state index in [4.69, 9.17) is 15.2 Å². The van der Waals surface area contributed by atoms with E-state index in [1.807, 2.05) is 0 Å². The van der Waals surface area contributed by atoms with Gasteiger partial charge < -0.3 is 15.2 Å². The lowest BCUT2D eigenvalue weighted by Gasteiger charge is -2.40. The second-order valence-corrected chi connectivity index (χ2v) is 3.72. The number of unbranched alkanes of at least 4 members (excludes halogenated alkanes) is 2.